The molecule has 0 fully saturated rings. The first-order valence-corrected chi connectivity index (χ1v) is 7.91. The van der Waals surface area contributed by atoms with Crippen molar-refractivity contribution in [1.82, 2.24) is 0 Å². The lowest BCUT2D eigenvalue weighted by atomic mass is 9.75. The summed E-state index contributed by atoms with van der Waals surface area (Å²) in [7, 11) is 1.15. The van der Waals surface area contributed by atoms with Gasteiger partial charge in [0.2, 0.25) is 0 Å². The third-order valence-corrected chi connectivity index (χ3v) is 3.70. The van der Waals surface area contributed by atoms with E-state index >= 15 is 0 Å². The number of hydrogen-bond acceptors (Lipinski definition) is 6. The van der Waals surface area contributed by atoms with E-state index in [1.54, 1.807) is 51.1 Å². The van der Waals surface area contributed by atoms with Crippen LogP contribution >= 0.6 is 0 Å². The van der Waals surface area contributed by atoms with Gasteiger partial charge < -0.3 is 9.47 Å². The average Bonchev–Trinajstić information content (AvgIpc) is 2.52. The van der Waals surface area contributed by atoms with Gasteiger partial charge in [0.15, 0.2) is 5.78 Å². The van der Waals surface area contributed by atoms with Gasteiger partial charge >= 0.3 is 11.9 Å². The second-order valence-corrected chi connectivity index (χ2v) is 6.86. The van der Waals surface area contributed by atoms with Crippen molar-refractivity contribution >= 4 is 23.5 Å². The van der Waals surface area contributed by atoms with Crippen LogP contribution in [-0.2, 0) is 23.9 Å². The van der Waals surface area contributed by atoms with E-state index < -0.39 is 47.4 Å². The van der Waals surface area contributed by atoms with Crippen LogP contribution < -0.4 is 0 Å². The Bertz CT molecular complexity index is 656. The van der Waals surface area contributed by atoms with Crippen LogP contribution in [-0.4, -0.2) is 36.2 Å². The molecule has 6 nitrogen and oxygen atoms in total. The molecule has 1 unspecified atom stereocenters. The van der Waals surface area contributed by atoms with Crippen molar-refractivity contribution in [2.24, 2.45) is 5.41 Å². The van der Waals surface area contributed by atoms with Crippen LogP contribution in [0.1, 0.15) is 50.9 Å². The predicted octanol–water partition coefficient (Wildman–Crippen LogP) is 2.74. The number of hydrogen-bond donors (Lipinski definition) is 0. The van der Waals surface area contributed by atoms with Crippen LogP contribution in [0.25, 0.3) is 0 Å². The van der Waals surface area contributed by atoms with Gasteiger partial charge in [0.25, 0.3) is 0 Å². The summed E-state index contributed by atoms with van der Waals surface area (Å²) in [5.41, 5.74) is -2.43. The minimum absolute atomic E-state index is 0.349. The molecule has 1 atom stereocenters. The number of Topliss-reactive ketones (excluding diaryl/α,β-unsaturated/α-hetero) is 2. The van der Waals surface area contributed by atoms with Crippen molar-refractivity contribution in [2.75, 3.05) is 7.11 Å². The number of benzene rings is 1. The third-order valence-electron chi connectivity index (χ3n) is 3.70. The molecular formula is C19H24O6. The van der Waals surface area contributed by atoms with Crippen LogP contribution in [0.2, 0.25) is 0 Å². The van der Waals surface area contributed by atoms with Crippen LogP contribution in [0.3, 0.4) is 0 Å². The van der Waals surface area contributed by atoms with Gasteiger partial charge in [-0.1, -0.05) is 30.3 Å². The second kappa shape index (κ2) is 8.05. The molecule has 0 spiro atoms. The standard InChI is InChI=1S/C19H24O6/c1-13(20)19(12-16(22)24-5,17(23)25-18(2,3)4)11-15(21)14-9-7-6-8-10-14/h6-10H,11-12H2,1-5H3. The Morgan fingerprint density at radius 1 is 0.960 bits per heavy atom. The van der Waals surface area contributed by atoms with Crippen molar-refractivity contribution in [3.05, 3.63) is 35.9 Å². The van der Waals surface area contributed by atoms with E-state index in [-0.39, 0.29) is 0 Å². The summed E-state index contributed by atoms with van der Waals surface area (Å²) in [6.07, 6.45) is -1.01. The molecule has 0 saturated carbocycles. The number of ketones is 2. The molecule has 0 aliphatic carbocycles. The number of carbonyl (C=O) groups is 4. The van der Waals surface area contributed by atoms with Gasteiger partial charge in [0, 0.05) is 12.0 Å². The zero-order valence-corrected chi connectivity index (χ0v) is 15.3. The fraction of sp³-hybridized carbons (Fsp3) is 0.474. The molecular weight excluding hydrogens is 324 g/mol. The van der Waals surface area contributed by atoms with Crippen molar-refractivity contribution < 1.29 is 28.7 Å². The molecule has 0 aliphatic heterocycles. The molecule has 6 heteroatoms. The highest BCUT2D eigenvalue weighted by Gasteiger charge is 2.49. The Hall–Kier alpha value is -2.50. The quantitative estimate of drug-likeness (QED) is 0.428. The average molecular weight is 348 g/mol. The Balaban J connectivity index is 3.28. The molecule has 136 valence electrons. The first kappa shape index (κ1) is 20.5. The van der Waals surface area contributed by atoms with Gasteiger partial charge in [0.05, 0.1) is 13.5 Å². The summed E-state index contributed by atoms with van der Waals surface area (Å²) in [5, 5.41) is 0. The summed E-state index contributed by atoms with van der Waals surface area (Å²) >= 11 is 0. The summed E-state index contributed by atoms with van der Waals surface area (Å²) in [6, 6.07) is 8.27. The Kier molecular flexibility index (Phi) is 6.62. The Morgan fingerprint density at radius 2 is 1.52 bits per heavy atom. The molecule has 1 aromatic rings. The first-order valence-electron chi connectivity index (χ1n) is 7.91. The predicted molar refractivity (Wildman–Crippen MR) is 91.0 cm³/mol. The lowest BCUT2D eigenvalue weighted by Crippen LogP contribution is -2.45. The largest absolute Gasteiger partial charge is 0.469 e. The van der Waals surface area contributed by atoms with Crippen LogP contribution in [0.4, 0.5) is 0 Å². The minimum atomic E-state index is -1.91. The molecule has 0 saturated heterocycles. The molecule has 0 amide bonds. The topological polar surface area (TPSA) is 86.7 Å². The molecule has 0 radical (unpaired) electrons. The molecule has 1 aromatic carbocycles. The lowest BCUT2D eigenvalue weighted by molar-refractivity contribution is -0.174. The maximum Gasteiger partial charge on any atom is 0.321 e. The summed E-state index contributed by atoms with van der Waals surface area (Å²) in [6.45, 7) is 6.11. The molecule has 0 aromatic heterocycles. The fourth-order valence-electron chi connectivity index (χ4n) is 2.29. The van der Waals surface area contributed by atoms with Gasteiger partial charge in [-0.05, 0) is 27.7 Å². The molecule has 25 heavy (non-hydrogen) atoms. The summed E-state index contributed by atoms with van der Waals surface area (Å²) < 4.78 is 9.94. The van der Waals surface area contributed by atoms with Gasteiger partial charge in [0.1, 0.15) is 16.8 Å². The maximum atomic E-state index is 12.7. The molecule has 0 aliphatic rings. The van der Waals surface area contributed by atoms with Gasteiger partial charge in [-0.2, -0.15) is 0 Å². The third kappa shape index (κ3) is 5.52. The van der Waals surface area contributed by atoms with E-state index in [9.17, 15) is 19.2 Å². The van der Waals surface area contributed by atoms with E-state index in [0.29, 0.717) is 5.56 Å². The van der Waals surface area contributed by atoms with Crippen molar-refractivity contribution in [1.29, 1.82) is 0 Å². The number of rotatable bonds is 7. The molecule has 0 bridgehead atoms. The number of methoxy groups -OCH3 is 1. The highest BCUT2D eigenvalue weighted by atomic mass is 16.6. The van der Waals surface area contributed by atoms with Gasteiger partial charge in [-0.25, -0.2) is 0 Å². The van der Waals surface area contributed by atoms with Crippen LogP contribution in [0.15, 0.2) is 30.3 Å². The van der Waals surface area contributed by atoms with Crippen LogP contribution in [0.5, 0.6) is 0 Å². The number of ether oxygens (including phenoxy) is 2. The number of carbonyl (C=O) groups excluding carboxylic acids is 4. The molecule has 0 heterocycles. The molecule has 0 N–H and O–H groups in total. The van der Waals surface area contributed by atoms with Gasteiger partial charge in [-0.3, -0.25) is 19.2 Å². The summed E-state index contributed by atoms with van der Waals surface area (Å²) in [4.78, 5) is 49.5. The zero-order chi connectivity index (χ0) is 19.3. The van der Waals surface area contributed by atoms with Crippen LogP contribution in [0, 0.1) is 5.41 Å². The lowest BCUT2D eigenvalue weighted by Gasteiger charge is -2.31. The van der Waals surface area contributed by atoms with Crippen molar-refractivity contribution in [3.63, 3.8) is 0 Å². The van der Waals surface area contributed by atoms with E-state index in [1.807, 2.05) is 0 Å². The minimum Gasteiger partial charge on any atom is -0.469 e. The van der Waals surface area contributed by atoms with E-state index in [1.165, 1.54) is 6.92 Å². The highest BCUT2D eigenvalue weighted by molar-refractivity contribution is 6.11. The molecule has 1 rings (SSSR count). The zero-order valence-electron chi connectivity index (χ0n) is 15.3. The van der Waals surface area contributed by atoms with E-state index in [2.05, 4.69) is 4.74 Å². The second-order valence-electron chi connectivity index (χ2n) is 6.86. The van der Waals surface area contributed by atoms with E-state index in [4.69, 9.17) is 4.74 Å². The first-order chi connectivity index (χ1) is 11.5. The smallest absolute Gasteiger partial charge is 0.321 e. The monoisotopic (exact) mass is 348 g/mol. The maximum absolute atomic E-state index is 12.7. The van der Waals surface area contributed by atoms with E-state index in [0.717, 1.165) is 7.11 Å². The fourth-order valence-corrected chi connectivity index (χ4v) is 2.29. The van der Waals surface area contributed by atoms with Gasteiger partial charge in [-0.15, -0.1) is 0 Å². The summed E-state index contributed by atoms with van der Waals surface area (Å²) in [5.74, 6) is -2.70. The Labute approximate surface area is 147 Å². The highest BCUT2D eigenvalue weighted by Crippen LogP contribution is 2.34. The van der Waals surface area contributed by atoms with Crippen molar-refractivity contribution in [2.45, 2.75) is 46.1 Å². The normalized spacial score (nSPS) is 13.5. The number of esters is 2. The Morgan fingerprint density at radius 3 is 1.96 bits per heavy atom. The van der Waals surface area contributed by atoms with Crippen molar-refractivity contribution in [3.8, 4) is 0 Å². The SMILES string of the molecule is COC(=O)CC(CC(=O)c1ccccc1)(C(C)=O)C(=O)OC(C)(C)C.